The third-order valence-corrected chi connectivity index (χ3v) is 5.94. The summed E-state index contributed by atoms with van der Waals surface area (Å²) in [7, 11) is 0. The van der Waals surface area contributed by atoms with E-state index in [0.29, 0.717) is 0 Å². The van der Waals surface area contributed by atoms with Gasteiger partial charge in [-0.2, -0.15) is 5.10 Å². The highest BCUT2D eigenvalue weighted by Gasteiger charge is 2.18. The molecule has 0 amide bonds. The lowest BCUT2D eigenvalue weighted by atomic mass is 10.1. The van der Waals surface area contributed by atoms with Gasteiger partial charge in [0, 0.05) is 35.6 Å². The zero-order valence-electron chi connectivity index (χ0n) is 16.8. The number of anilines is 1. The van der Waals surface area contributed by atoms with E-state index in [0.717, 1.165) is 57.5 Å². The van der Waals surface area contributed by atoms with Crippen LogP contribution in [0.2, 0.25) is 0 Å². The highest BCUT2D eigenvalue weighted by molar-refractivity contribution is 6.00. The predicted molar refractivity (Wildman–Crippen MR) is 120 cm³/mol. The van der Waals surface area contributed by atoms with Gasteiger partial charge in [0.25, 0.3) is 0 Å². The number of piperidine rings is 1. The average Bonchev–Trinajstić information content (AvgIpc) is 3.43. The van der Waals surface area contributed by atoms with Crippen LogP contribution in [0.3, 0.4) is 0 Å². The van der Waals surface area contributed by atoms with Crippen LogP contribution in [0, 0.1) is 0 Å². The van der Waals surface area contributed by atoms with Gasteiger partial charge in [0.1, 0.15) is 11.4 Å². The molecule has 0 unspecified atom stereocenters. The van der Waals surface area contributed by atoms with Gasteiger partial charge in [-0.1, -0.05) is 0 Å². The number of fused-ring (bicyclic) bond motifs is 2. The summed E-state index contributed by atoms with van der Waals surface area (Å²) in [5.41, 5.74) is 6.26. The van der Waals surface area contributed by atoms with E-state index in [9.17, 15) is 5.11 Å². The molecule has 6 heterocycles. The fourth-order valence-electron chi connectivity index (χ4n) is 4.40. The van der Waals surface area contributed by atoms with E-state index in [1.807, 2.05) is 18.5 Å². The summed E-state index contributed by atoms with van der Waals surface area (Å²) in [6.45, 7) is 2.14. The molecule has 31 heavy (non-hydrogen) atoms. The van der Waals surface area contributed by atoms with Crippen molar-refractivity contribution < 1.29 is 5.11 Å². The number of hydrogen-bond donors (Lipinski definition) is 3. The van der Waals surface area contributed by atoms with Gasteiger partial charge in [0.15, 0.2) is 0 Å². The monoisotopic (exact) mass is 411 g/mol. The van der Waals surface area contributed by atoms with E-state index in [1.54, 1.807) is 18.5 Å². The van der Waals surface area contributed by atoms with E-state index in [-0.39, 0.29) is 5.75 Å². The summed E-state index contributed by atoms with van der Waals surface area (Å²) in [6.07, 6.45) is 12.4. The van der Waals surface area contributed by atoms with Crippen LogP contribution in [0.5, 0.6) is 5.75 Å². The Hall–Kier alpha value is -3.94. The maximum absolute atomic E-state index is 9.77. The Morgan fingerprint density at radius 1 is 0.839 bits per heavy atom. The van der Waals surface area contributed by atoms with E-state index >= 15 is 0 Å². The number of aromatic hydroxyl groups is 1. The zero-order chi connectivity index (χ0) is 20.8. The number of pyridine rings is 3. The van der Waals surface area contributed by atoms with Gasteiger partial charge in [-0.3, -0.25) is 20.1 Å². The number of rotatable bonds is 3. The lowest BCUT2D eigenvalue weighted by Crippen LogP contribution is -2.29. The topological polar surface area (TPSA) is 107 Å². The quantitative estimate of drug-likeness (QED) is 0.410. The highest BCUT2D eigenvalue weighted by Crippen LogP contribution is 2.34. The van der Waals surface area contributed by atoms with Crippen LogP contribution in [0.4, 0.5) is 5.69 Å². The van der Waals surface area contributed by atoms with E-state index in [1.165, 1.54) is 31.1 Å². The van der Waals surface area contributed by atoms with Gasteiger partial charge in [0.05, 0.1) is 52.9 Å². The van der Waals surface area contributed by atoms with E-state index in [2.05, 4.69) is 41.1 Å². The van der Waals surface area contributed by atoms with E-state index < -0.39 is 0 Å². The molecule has 1 aliphatic heterocycles. The van der Waals surface area contributed by atoms with Crippen molar-refractivity contribution in [3.05, 3.63) is 49.2 Å². The fourth-order valence-corrected chi connectivity index (χ4v) is 4.40. The molecule has 0 aliphatic carbocycles. The van der Waals surface area contributed by atoms with Crippen molar-refractivity contribution in [2.24, 2.45) is 0 Å². The summed E-state index contributed by atoms with van der Waals surface area (Å²) in [4.78, 5) is 18.9. The van der Waals surface area contributed by atoms with Crippen molar-refractivity contribution in [2.45, 2.75) is 19.3 Å². The van der Waals surface area contributed by atoms with Crippen LogP contribution < -0.4 is 4.90 Å². The second kappa shape index (κ2) is 7.09. The molecule has 6 rings (SSSR count). The molecule has 0 atom stereocenters. The molecule has 1 aliphatic rings. The maximum Gasteiger partial charge on any atom is 0.134 e. The van der Waals surface area contributed by atoms with Gasteiger partial charge < -0.3 is 15.0 Å². The van der Waals surface area contributed by atoms with Crippen LogP contribution in [0.1, 0.15) is 19.3 Å². The average molecular weight is 411 g/mol. The normalized spacial score (nSPS) is 14.5. The molecular formula is C23H21N7O. The maximum atomic E-state index is 9.77. The summed E-state index contributed by atoms with van der Waals surface area (Å²) in [6, 6.07) is 5.78. The minimum absolute atomic E-state index is 0.111. The number of nitrogens with one attached hydrogen (secondary N) is 2. The Bertz CT molecular complexity index is 1400. The highest BCUT2D eigenvalue weighted by atomic mass is 16.3. The zero-order valence-corrected chi connectivity index (χ0v) is 16.8. The van der Waals surface area contributed by atoms with Crippen molar-refractivity contribution >= 4 is 27.5 Å². The predicted octanol–water partition coefficient (Wildman–Crippen LogP) is 4.26. The first kappa shape index (κ1) is 17.9. The molecule has 0 saturated carbocycles. The number of aromatic nitrogens is 6. The molecule has 0 spiro atoms. The van der Waals surface area contributed by atoms with Crippen LogP contribution in [0.25, 0.3) is 44.5 Å². The standard InChI is InChI=1S/C23H21N7O/c31-15-6-14(9-24-10-15)18-8-17-21(12-26-18)28-29-23(17)19-7-16-20(27-19)11-25-13-22(16)30-4-2-1-3-5-30/h6-13,27,31H,1-5H2,(H,28,29). The van der Waals surface area contributed by atoms with E-state index in [4.69, 9.17) is 0 Å². The van der Waals surface area contributed by atoms with Crippen molar-refractivity contribution in [3.8, 4) is 28.4 Å². The van der Waals surface area contributed by atoms with Gasteiger partial charge >= 0.3 is 0 Å². The van der Waals surface area contributed by atoms with Crippen molar-refractivity contribution in [1.82, 2.24) is 30.1 Å². The molecule has 0 radical (unpaired) electrons. The molecule has 3 N–H and O–H groups in total. The van der Waals surface area contributed by atoms with Gasteiger partial charge in [-0.05, 0) is 37.5 Å². The lowest BCUT2D eigenvalue weighted by molar-refractivity contribution is 0.473. The molecule has 1 saturated heterocycles. The fraction of sp³-hybridized carbons (Fsp3) is 0.217. The van der Waals surface area contributed by atoms with Crippen LogP contribution >= 0.6 is 0 Å². The number of nitrogens with zero attached hydrogens (tertiary/aromatic N) is 5. The summed E-state index contributed by atoms with van der Waals surface area (Å²) in [5, 5.41) is 19.5. The summed E-state index contributed by atoms with van der Waals surface area (Å²) < 4.78 is 0. The molecule has 154 valence electrons. The SMILES string of the molecule is Oc1cncc(-c2cc3c(-c4cc5c(N6CCCCC6)cncc5[nH]4)n[nH]c3cn2)c1. The molecule has 8 heteroatoms. The summed E-state index contributed by atoms with van der Waals surface area (Å²) in [5.74, 6) is 0.111. The van der Waals surface area contributed by atoms with Crippen molar-refractivity contribution in [3.63, 3.8) is 0 Å². The first-order valence-electron chi connectivity index (χ1n) is 10.5. The molecule has 0 bridgehead atoms. The van der Waals surface area contributed by atoms with Gasteiger partial charge in [-0.25, -0.2) is 0 Å². The largest absolute Gasteiger partial charge is 0.506 e. The summed E-state index contributed by atoms with van der Waals surface area (Å²) >= 11 is 0. The second-order valence-electron chi connectivity index (χ2n) is 7.97. The third-order valence-electron chi connectivity index (χ3n) is 5.94. The first-order chi connectivity index (χ1) is 15.3. The van der Waals surface area contributed by atoms with Gasteiger partial charge in [-0.15, -0.1) is 0 Å². The minimum Gasteiger partial charge on any atom is -0.506 e. The molecule has 8 nitrogen and oxygen atoms in total. The van der Waals surface area contributed by atoms with Crippen molar-refractivity contribution in [2.75, 3.05) is 18.0 Å². The molecule has 5 aromatic rings. The molecular weight excluding hydrogens is 390 g/mol. The number of aromatic amines is 2. The Morgan fingerprint density at radius 2 is 1.71 bits per heavy atom. The lowest BCUT2D eigenvalue weighted by Gasteiger charge is -2.28. The van der Waals surface area contributed by atoms with Crippen molar-refractivity contribution in [1.29, 1.82) is 0 Å². The Labute approximate surface area is 178 Å². The number of hydrogen-bond acceptors (Lipinski definition) is 6. The van der Waals surface area contributed by atoms with Gasteiger partial charge in [0.2, 0.25) is 0 Å². The molecule has 1 fully saturated rings. The Morgan fingerprint density at radius 3 is 2.58 bits per heavy atom. The minimum atomic E-state index is 0.111. The number of H-pyrrole nitrogens is 2. The second-order valence-corrected chi connectivity index (χ2v) is 7.97. The third kappa shape index (κ3) is 3.07. The molecule has 0 aromatic carbocycles. The van der Waals surface area contributed by atoms with Crippen LogP contribution in [0.15, 0.2) is 49.2 Å². The first-order valence-corrected chi connectivity index (χ1v) is 10.5. The Kier molecular flexibility index (Phi) is 4.09. The molecule has 5 aromatic heterocycles. The smallest absolute Gasteiger partial charge is 0.134 e. The Balaban J connectivity index is 1.46. The van der Waals surface area contributed by atoms with Crippen LogP contribution in [-0.4, -0.2) is 48.3 Å². The van der Waals surface area contributed by atoms with Crippen LogP contribution in [-0.2, 0) is 0 Å².